The minimum Gasteiger partial charge on any atom is -0.392 e. The first-order valence-electron chi connectivity index (χ1n) is 5.74. The van der Waals surface area contributed by atoms with E-state index < -0.39 is 30.5 Å². The van der Waals surface area contributed by atoms with Crippen molar-refractivity contribution in [2.75, 3.05) is 23.8 Å². The number of thiocarbonyl (C=S) groups is 1. The second-order valence-corrected chi connectivity index (χ2v) is 10.5. The van der Waals surface area contributed by atoms with Crippen molar-refractivity contribution in [3.8, 4) is 0 Å². The van der Waals surface area contributed by atoms with E-state index in [0.717, 1.165) is 4.31 Å². The third-order valence-corrected chi connectivity index (χ3v) is 9.19. The predicted molar refractivity (Wildman–Crippen MR) is 82.4 cm³/mol. The van der Waals surface area contributed by atoms with E-state index in [1.807, 2.05) is 0 Å². The number of sulfonamides is 1. The lowest BCUT2D eigenvalue weighted by Gasteiger charge is -2.35. The lowest BCUT2D eigenvalue weighted by Crippen LogP contribution is -2.54. The van der Waals surface area contributed by atoms with Gasteiger partial charge in [0.1, 0.15) is 10.6 Å². The Morgan fingerprint density at radius 2 is 2.05 bits per heavy atom. The molecule has 1 aliphatic heterocycles. The van der Waals surface area contributed by atoms with Crippen molar-refractivity contribution < 1.29 is 16.8 Å². The molecular weight excluding hydrogens is 328 g/mol. The number of hydrogen-bond donors (Lipinski definition) is 1. The van der Waals surface area contributed by atoms with Crippen LogP contribution in [0.25, 0.3) is 0 Å². The third-order valence-electron chi connectivity index (χ3n) is 3.03. The van der Waals surface area contributed by atoms with E-state index in [0.29, 0.717) is 5.75 Å². The van der Waals surface area contributed by atoms with E-state index in [-0.39, 0.29) is 23.0 Å². The van der Waals surface area contributed by atoms with Gasteiger partial charge in [0.2, 0.25) is 10.0 Å². The lowest BCUT2D eigenvalue weighted by molar-refractivity contribution is 0.402. The maximum absolute atomic E-state index is 12.4. The van der Waals surface area contributed by atoms with Crippen LogP contribution in [-0.4, -0.2) is 60.6 Å². The first-order valence-corrected chi connectivity index (χ1v) is 10.5. The summed E-state index contributed by atoms with van der Waals surface area (Å²) in [5.41, 5.74) is 5.39. The van der Waals surface area contributed by atoms with Crippen LogP contribution >= 0.6 is 24.0 Å². The van der Waals surface area contributed by atoms with Crippen LogP contribution in [0.5, 0.6) is 0 Å². The summed E-state index contributed by atoms with van der Waals surface area (Å²) in [6, 6.07) is 0. The molecule has 2 atom stereocenters. The van der Waals surface area contributed by atoms with Gasteiger partial charge in [-0.1, -0.05) is 19.1 Å². The van der Waals surface area contributed by atoms with Crippen molar-refractivity contribution in [2.24, 2.45) is 5.73 Å². The van der Waals surface area contributed by atoms with Crippen molar-refractivity contribution in [2.45, 2.75) is 24.5 Å². The van der Waals surface area contributed by atoms with Gasteiger partial charge in [0.05, 0.1) is 4.99 Å². The van der Waals surface area contributed by atoms with Crippen LogP contribution in [0, 0.1) is 0 Å². The zero-order valence-electron chi connectivity index (χ0n) is 10.8. The first-order chi connectivity index (χ1) is 8.64. The Bertz CT molecular complexity index is 543. The number of nitrogens with zero attached hydrogens (tertiary/aromatic N) is 1. The fourth-order valence-corrected chi connectivity index (χ4v) is 7.30. The molecule has 112 valence electrons. The third kappa shape index (κ3) is 3.60. The highest BCUT2D eigenvalue weighted by Gasteiger charge is 2.42. The van der Waals surface area contributed by atoms with E-state index in [2.05, 4.69) is 0 Å². The fourth-order valence-electron chi connectivity index (χ4n) is 1.68. The molecule has 1 heterocycles. The predicted octanol–water partition coefficient (Wildman–Crippen LogP) is -0.200. The molecule has 1 aliphatic rings. The van der Waals surface area contributed by atoms with Gasteiger partial charge in [0.25, 0.3) is 0 Å². The molecule has 0 spiro atoms. The molecule has 19 heavy (non-hydrogen) atoms. The molecule has 10 heteroatoms. The lowest BCUT2D eigenvalue weighted by atomic mass is 10.5. The van der Waals surface area contributed by atoms with Crippen molar-refractivity contribution in [3.63, 3.8) is 0 Å². The Hall–Kier alpha value is 0.1000. The molecule has 0 aromatic rings. The molecule has 0 amide bonds. The molecule has 1 fully saturated rings. The number of hydrogen-bond acceptors (Lipinski definition) is 6. The molecule has 0 aromatic carbocycles. The Morgan fingerprint density at radius 3 is 2.53 bits per heavy atom. The molecule has 0 aromatic heterocycles. The smallest absolute Gasteiger partial charge is 0.224 e. The van der Waals surface area contributed by atoms with Crippen molar-refractivity contribution in [1.29, 1.82) is 0 Å². The summed E-state index contributed by atoms with van der Waals surface area (Å²) in [5.74, 6) is 0.726. The topological polar surface area (TPSA) is 97.5 Å². The summed E-state index contributed by atoms with van der Waals surface area (Å²) in [6.07, 6.45) is 0. The van der Waals surface area contributed by atoms with Crippen molar-refractivity contribution in [1.82, 2.24) is 4.31 Å². The quantitative estimate of drug-likeness (QED) is 0.688. The van der Waals surface area contributed by atoms with Crippen molar-refractivity contribution in [3.05, 3.63) is 0 Å². The number of sulfone groups is 1. The highest BCUT2D eigenvalue weighted by molar-refractivity contribution is 8.01. The molecule has 0 saturated carbocycles. The molecule has 2 N–H and O–H groups in total. The average Bonchev–Trinajstić information content (AvgIpc) is 2.37. The van der Waals surface area contributed by atoms with Crippen molar-refractivity contribution >= 4 is 48.8 Å². The van der Waals surface area contributed by atoms with Gasteiger partial charge in [-0.3, -0.25) is 0 Å². The van der Waals surface area contributed by atoms with Crippen LogP contribution in [-0.2, 0) is 19.9 Å². The largest absolute Gasteiger partial charge is 0.392 e. The van der Waals surface area contributed by atoms with Crippen LogP contribution in [0.2, 0.25) is 0 Å². The monoisotopic (exact) mass is 346 g/mol. The SMILES string of the molecule is CCS(=O)(=O)C1CSCCN1S(=O)(=O)C(C)C(N)=S. The van der Waals surface area contributed by atoms with Gasteiger partial charge in [-0.2, -0.15) is 16.1 Å². The fraction of sp³-hybridized carbons (Fsp3) is 0.889. The van der Waals surface area contributed by atoms with Gasteiger partial charge >= 0.3 is 0 Å². The van der Waals surface area contributed by atoms with Gasteiger partial charge in [-0.25, -0.2) is 16.8 Å². The van der Waals surface area contributed by atoms with E-state index in [1.165, 1.54) is 25.6 Å². The zero-order chi connectivity index (χ0) is 14.8. The second kappa shape index (κ2) is 6.25. The summed E-state index contributed by atoms with van der Waals surface area (Å²) in [7, 11) is -7.30. The molecule has 1 rings (SSSR count). The molecule has 0 radical (unpaired) electrons. The van der Waals surface area contributed by atoms with E-state index >= 15 is 0 Å². The van der Waals surface area contributed by atoms with Gasteiger partial charge in [-0.15, -0.1) is 0 Å². The minimum absolute atomic E-state index is 0.0916. The van der Waals surface area contributed by atoms with E-state index in [4.69, 9.17) is 18.0 Å². The van der Waals surface area contributed by atoms with Crippen LogP contribution < -0.4 is 5.73 Å². The Kier molecular flexibility index (Phi) is 5.64. The molecule has 2 unspecified atom stereocenters. The normalized spacial score (nSPS) is 24.0. The van der Waals surface area contributed by atoms with E-state index in [9.17, 15) is 16.8 Å². The van der Waals surface area contributed by atoms with Crippen LogP contribution in [0.15, 0.2) is 0 Å². The van der Waals surface area contributed by atoms with Crippen LogP contribution in [0.1, 0.15) is 13.8 Å². The summed E-state index contributed by atoms with van der Waals surface area (Å²) >= 11 is 6.15. The highest BCUT2D eigenvalue weighted by atomic mass is 32.2. The highest BCUT2D eigenvalue weighted by Crippen LogP contribution is 2.26. The van der Waals surface area contributed by atoms with Crippen LogP contribution in [0.3, 0.4) is 0 Å². The Morgan fingerprint density at radius 1 is 1.47 bits per heavy atom. The van der Waals surface area contributed by atoms with Crippen LogP contribution in [0.4, 0.5) is 0 Å². The van der Waals surface area contributed by atoms with Gasteiger partial charge < -0.3 is 5.73 Å². The zero-order valence-corrected chi connectivity index (χ0v) is 14.0. The Labute approximate surface area is 124 Å². The van der Waals surface area contributed by atoms with Gasteiger partial charge in [0.15, 0.2) is 9.84 Å². The van der Waals surface area contributed by atoms with Gasteiger partial charge in [0, 0.05) is 23.8 Å². The summed E-state index contributed by atoms with van der Waals surface area (Å²) in [4.78, 5) is -0.147. The number of thioether (sulfide) groups is 1. The number of nitrogens with two attached hydrogens (primary N) is 1. The summed E-state index contributed by atoms with van der Waals surface area (Å²) in [5, 5.41) is -2.07. The van der Waals surface area contributed by atoms with Gasteiger partial charge in [-0.05, 0) is 6.92 Å². The average molecular weight is 347 g/mol. The molecular formula is C9H18N2O4S4. The maximum atomic E-state index is 12.4. The number of rotatable bonds is 5. The summed E-state index contributed by atoms with van der Waals surface area (Å²) in [6.45, 7) is 3.06. The summed E-state index contributed by atoms with van der Waals surface area (Å²) < 4.78 is 49.9. The standard InChI is InChI=1S/C9H18N2O4S4/c1-3-18(12,13)8-6-17-5-4-11(8)19(14,15)7(2)9(10)16/h7-8H,3-6H2,1-2H3,(H2,10,16). The molecule has 0 aliphatic carbocycles. The molecule has 1 saturated heterocycles. The first kappa shape index (κ1) is 17.2. The minimum atomic E-state index is -3.83. The van der Waals surface area contributed by atoms with E-state index in [1.54, 1.807) is 0 Å². The maximum Gasteiger partial charge on any atom is 0.224 e. The Balaban J connectivity index is 3.18. The molecule has 0 bridgehead atoms. The second-order valence-electron chi connectivity index (χ2n) is 4.18. The molecule has 6 nitrogen and oxygen atoms in total.